The molecule has 1 N–H and O–H groups in total. The molecule has 0 heterocycles. The average Bonchev–Trinajstić information content (AvgIpc) is 2.35. The number of nitro benzene ring substituents is 1. The molecule has 0 bridgehead atoms. The molecule has 0 radical (unpaired) electrons. The van der Waals surface area contributed by atoms with Crippen molar-refractivity contribution in [2.24, 2.45) is 0 Å². The van der Waals surface area contributed by atoms with Crippen LogP contribution in [-0.2, 0) is 6.61 Å². The summed E-state index contributed by atoms with van der Waals surface area (Å²) in [6.45, 7) is 6.56. The zero-order valence-corrected chi connectivity index (χ0v) is 9.80. The number of hydrogen-bond acceptors (Lipinski definition) is 4. The van der Waals surface area contributed by atoms with Crippen molar-refractivity contribution < 1.29 is 10.0 Å². The van der Waals surface area contributed by atoms with Crippen LogP contribution >= 0.6 is 0 Å². The van der Waals surface area contributed by atoms with Crippen LogP contribution in [-0.4, -0.2) is 23.1 Å². The van der Waals surface area contributed by atoms with Crippen molar-refractivity contribution in [1.29, 1.82) is 0 Å². The molecule has 17 heavy (non-hydrogen) atoms. The Morgan fingerprint density at radius 2 is 2.29 bits per heavy atom. The van der Waals surface area contributed by atoms with Gasteiger partial charge in [0.2, 0.25) is 0 Å². The molecule has 0 spiro atoms. The minimum Gasteiger partial charge on any atom is -0.392 e. The topological polar surface area (TPSA) is 66.6 Å². The SMILES string of the molecule is C=CCN(CC)c1ccc(CO)cc1[N+](=O)[O-]. The summed E-state index contributed by atoms with van der Waals surface area (Å²) < 4.78 is 0. The fourth-order valence-corrected chi connectivity index (χ4v) is 1.63. The number of aliphatic hydroxyl groups is 1. The summed E-state index contributed by atoms with van der Waals surface area (Å²) in [6.07, 6.45) is 1.70. The number of hydrogen-bond donors (Lipinski definition) is 1. The Balaban J connectivity index is 3.21. The van der Waals surface area contributed by atoms with Crippen molar-refractivity contribution in [3.63, 3.8) is 0 Å². The van der Waals surface area contributed by atoms with Crippen molar-refractivity contribution in [2.75, 3.05) is 18.0 Å². The van der Waals surface area contributed by atoms with Crippen LogP contribution in [0.5, 0.6) is 0 Å². The Kier molecular flexibility index (Phi) is 4.66. The first-order valence-electron chi connectivity index (χ1n) is 5.38. The van der Waals surface area contributed by atoms with Crippen LogP contribution in [0.1, 0.15) is 12.5 Å². The lowest BCUT2D eigenvalue weighted by Crippen LogP contribution is -2.23. The highest BCUT2D eigenvalue weighted by atomic mass is 16.6. The Morgan fingerprint density at radius 1 is 1.59 bits per heavy atom. The van der Waals surface area contributed by atoms with E-state index < -0.39 is 4.92 Å². The molecule has 0 fully saturated rings. The monoisotopic (exact) mass is 236 g/mol. The van der Waals surface area contributed by atoms with E-state index in [-0.39, 0.29) is 12.3 Å². The summed E-state index contributed by atoms with van der Waals surface area (Å²) >= 11 is 0. The van der Waals surface area contributed by atoms with E-state index in [0.29, 0.717) is 24.3 Å². The van der Waals surface area contributed by atoms with E-state index in [0.717, 1.165) is 0 Å². The normalized spacial score (nSPS) is 10.0. The number of likely N-dealkylation sites (N-methyl/N-ethyl adjacent to an activating group) is 1. The predicted octanol–water partition coefficient (Wildman–Crippen LogP) is 2.10. The lowest BCUT2D eigenvalue weighted by molar-refractivity contribution is -0.384. The molecule has 0 unspecified atom stereocenters. The second-order valence-corrected chi connectivity index (χ2v) is 3.57. The molecule has 0 aliphatic heterocycles. The average molecular weight is 236 g/mol. The van der Waals surface area contributed by atoms with Crippen molar-refractivity contribution in [3.8, 4) is 0 Å². The van der Waals surface area contributed by atoms with Crippen LogP contribution in [0.3, 0.4) is 0 Å². The highest BCUT2D eigenvalue weighted by Gasteiger charge is 2.18. The largest absolute Gasteiger partial charge is 0.392 e. The van der Waals surface area contributed by atoms with Gasteiger partial charge in [-0.2, -0.15) is 0 Å². The zero-order valence-electron chi connectivity index (χ0n) is 9.80. The highest BCUT2D eigenvalue weighted by Crippen LogP contribution is 2.29. The third-order valence-corrected chi connectivity index (χ3v) is 2.49. The third kappa shape index (κ3) is 3.04. The summed E-state index contributed by atoms with van der Waals surface area (Å²) in [5.74, 6) is 0. The minimum atomic E-state index is -0.430. The van der Waals surface area contributed by atoms with Gasteiger partial charge in [-0.3, -0.25) is 10.1 Å². The van der Waals surface area contributed by atoms with Gasteiger partial charge in [0.1, 0.15) is 5.69 Å². The lowest BCUT2D eigenvalue weighted by Gasteiger charge is -2.21. The molecule has 0 aliphatic carbocycles. The summed E-state index contributed by atoms with van der Waals surface area (Å²) in [5.41, 5.74) is 1.10. The van der Waals surface area contributed by atoms with Crippen LogP contribution in [0.15, 0.2) is 30.9 Å². The van der Waals surface area contributed by atoms with Crippen LogP contribution < -0.4 is 4.90 Å². The molecular weight excluding hydrogens is 220 g/mol. The van der Waals surface area contributed by atoms with E-state index in [1.807, 2.05) is 11.8 Å². The molecule has 5 nitrogen and oxygen atoms in total. The highest BCUT2D eigenvalue weighted by molar-refractivity contribution is 5.64. The molecular formula is C12H16N2O3. The molecule has 1 aromatic carbocycles. The quantitative estimate of drug-likeness (QED) is 0.466. The molecule has 0 amide bonds. The van der Waals surface area contributed by atoms with Crippen LogP contribution in [0, 0.1) is 10.1 Å². The number of aliphatic hydroxyl groups excluding tert-OH is 1. The van der Waals surface area contributed by atoms with Crippen LogP contribution in [0.4, 0.5) is 11.4 Å². The van der Waals surface area contributed by atoms with E-state index in [4.69, 9.17) is 5.11 Å². The van der Waals surface area contributed by atoms with E-state index in [9.17, 15) is 10.1 Å². The maximum Gasteiger partial charge on any atom is 0.292 e. The maximum atomic E-state index is 11.0. The summed E-state index contributed by atoms with van der Waals surface area (Å²) in [5, 5.41) is 20.0. The number of nitro groups is 1. The molecule has 0 saturated carbocycles. The molecule has 0 aliphatic rings. The van der Waals surface area contributed by atoms with Gasteiger partial charge in [-0.05, 0) is 18.6 Å². The second-order valence-electron chi connectivity index (χ2n) is 3.57. The predicted molar refractivity (Wildman–Crippen MR) is 67.1 cm³/mol. The van der Waals surface area contributed by atoms with Gasteiger partial charge in [-0.15, -0.1) is 6.58 Å². The second kappa shape index (κ2) is 6.00. The van der Waals surface area contributed by atoms with Crippen LogP contribution in [0.25, 0.3) is 0 Å². The van der Waals surface area contributed by atoms with E-state index in [2.05, 4.69) is 6.58 Å². The van der Waals surface area contributed by atoms with Gasteiger partial charge in [-0.25, -0.2) is 0 Å². The first-order chi connectivity index (χ1) is 8.13. The Morgan fingerprint density at radius 3 is 2.76 bits per heavy atom. The van der Waals surface area contributed by atoms with Gasteiger partial charge in [0.05, 0.1) is 11.5 Å². The Labute approximate surface area is 100 Å². The molecule has 1 aromatic rings. The van der Waals surface area contributed by atoms with E-state index in [1.54, 1.807) is 18.2 Å². The number of nitrogens with zero attached hydrogens (tertiary/aromatic N) is 2. The van der Waals surface area contributed by atoms with Crippen LogP contribution in [0.2, 0.25) is 0 Å². The molecule has 1 rings (SSSR count). The number of rotatable bonds is 6. The van der Waals surface area contributed by atoms with Gasteiger partial charge in [0.25, 0.3) is 5.69 Å². The molecule has 0 aromatic heterocycles. The van der Waals surface area contributed by atoms with E-state index in [1.165, 1.54) is 6.07 Å². The molecule has 92 valence electrons. The number of benzene rings is 1. The zero-order chi connectivity index (χ0) is 12.8. The Bertz CT molecular complexity index is 418. The fraction of sp³-hybridized carbons (Fsp3) is 0.333. The van der Waals surface area contributed by atoms with Gasteiger partial charge in [-0.1, -0.05) is 12.1 Å². The lowest BCUT2D eigenvalue weighted by atomic mass is 10.1. The van der Waals surface area contributed by atoms with Gasteiger partial charge >= 0.3 is 0 Å². The van der Waals surface area contributed by atoms with Crippen molar-refractivity contribution in [1.82, 2.24) is 0 Å². The minimum absolute atomic E-state index is 0.0141. The maximum absolute atomic E-state index is 11.0. The van der Waals surface area contributed by atoms with Gasteiger partial charge in [0.15, 0.2) is 0 Å². The Hall–Kier alpha value is -1.88. The standard InChI is InChI=1S/C12H16N2O3/c1-3-7-13(4-2)11-6-5-10(9-15)8-12(11)14(16)17/h3,5-6,8,15H,1,4,7,9H2,2H3. The third-order valence-electron chi connectivity index (χ3n) is 2.49. The fourth-order valence-electron chi connectivity index (χ4n) is 1.63. The summed E-state index contributed by atoms with van der Waals surface area (Å²) in [4.78, 5) is 12.4. The van der Waals surface area contributed by atoms with Gasteiger partial charge in [0, 0.05) is 19.2 Å². The van der Waals surface area contributed by atoms with Crippen molar-refractivity contribution in [2.45, 2.75) is 13.5 Å². The first-order valence-corrected chi connectivity index (χ1v) is 5.38. The smallest absolute Gasteiger partial charge is 0.292 e. The number of anilines is 1. The summed E-state index contributed by atoms with van der Waals surface area (Å²) in [7, 11) is 0. The van der Waals surface area contributed by atoms with E-state index >= 15 is 0 Å². The molecule has 5 heteroatoms. The van der Waals surface area contributed by atoms with Crippen molar-refractivity contribution in [3.05, 3.63) is 46.5 Å². The first kappa shape index (κ1) is 13.2. The molecule has 0 atom stereocenters. The summed E-state index contributed by atoms with van der Waals surface area (Å²) in [6, 6.07) is 4.76. The van der Waals surface area contributed by atoms with Gasteiger partial charge < -0.3 is 10.0 Å². The molecule has 0 saturated heterocycles. The van der Waals surface area contributed by atoms with Crippen molar-refractivity contribution >= 4 is 11.4 Å².